The molecule has 0 aliphatic rings. The number of halogens is 1. The van der Waals surface area contributed by atoms with Crippen molar-refractivity contribution >= 4 is 21.9 Å². The van der Waals surface area contributed by atoms with E-state index in [0.29, 0.717) is 0 Å². The molecule has 3 N–H and O–H groups in total. The van der Waals surface area contributed by atoms with Crippen LogP contribution in [0.1, 0.15) is 29.2 Å². The largest absolute Gasteiger partial charge is 0.481 e. The van der Waals surface area contributed by atoms with Crippen molar-refractivity contribution in [2.24, 2.45) is 5.73 Å². The Kier molecular flexibility index (Phi) is 3.88. The fourth-order valence-electron chi connectivity index (χ4n) is 1.36. The van der Waals surface area contributed by atoms with Gasteiger partial charge in [0.25, 0.3) is 0 Å². The minimum atomic E-state index is -0.878. The molecule has 0 saturated carbocycles. The summed E-state index contributed by atoms with van der Waals surface area (Å²) >= 11 is 3.43. The van der Waals surface area contributed by atoms with Gasteiger partial charge in [-0.05, 0) is 36.6 Å². The molecular formula is C11H14BrNO2. The van der Waals surface area contributed by atoms with E-state index in [0.717, 1.165) is 21.2 Å². The van der Waals surface area contributed by atoms with Gasteiger partial charge in [-0.3, -0.25) is 4.79 Å². The predicted octanol–water partition coefficient (Wildman–Crippen LogP) is 2.54. The second-order valence-electron chi connectivity index (χ2n) is 3.65. The molecule has 3 nitrogen and oxygen atoms in total. The van der Waals surface area contributed by atoms with Crippen LogP contribution in [0.25, 0.3) is 0 Å². The van der Waals surface area contributed by atoms with Crippen molar-refractivity contribution in [1.29, 1.82) is 0 Å². The normalized spacial score (nSPS) is 12.5. The molecule has 0 radical (unpaired) electrons. The van der Waals surface area contributed by atoms with Crippen LogP contribution in [0.3, 0.4) is 0 Å². The molecule has 0 aliphatic heterocycles. The molecule has 4 heteroatoms. The lowest BCUT2D eigenvalue weighted by Crippen LogP contribution is -2.15. The van der Waals surface area contributed by atoms with Crippen LogP contribution in [0.4, 0.5) is 0 Å². The standard InChI is InChI=1S/C11H14BrNO2/c1-6-3-8(4-9(12)7(6)2)10(13)5-11(14)15/h3-4,10H,5,13H2,1-2H3,(H,14,15). The van der Waals surface area contributed by atoms with Crippen molar-refractivity contribution in [3.63, 3.8) is 0 Å². The Hall–Kier alpha value is -0.870. The third-order valence-electron chi connectivity index (χ3n) is 2.45. The molecule has 0 bridgehead atoms. The lowest BCUT2D eigenvalue weighted by Gasteiger charge is -2.13. The second-order valence-corrected chi connectivity index (χ2v) is 4.50. The van der Waals surface area contributed by atoms with E-state index in [4.69, 9.17) is 10.8 Å². The van der Waals surface area contributed by atoms with Gasteiger partial charge in [0.1, 0.15) is 0 Å². The van der Waals surface area contributed by atoms with Gasteiger partial charge in [0.2, 0.25) is 0 Å². The maximum Gasteiger partial charge on any atom is 0.305 e. The van der Waals surface area contributed by atoms with E-state index in [-0.39, 0.29) is 6.42 Å². The van der Waals surface area contributed by atoms with E-state index >= 15 is 0 Å². The molecule has 1 aromatic rings. The second kappa shape index (κ2) is 4.77. The van der Waals surface area contributed by atoms with E-state index in [1.807, 2.05) is 26.0 Å². The molecule has 0 saturated heterocycles. The minimum absolute atomic E-state index is 0.0467. The van der Waals surface area contributed by atoms with Crippen molar-refractivity contribution in [3.05, 3.63) is 33.3 Å². The number of carboxylic acid groups (broad SMARTS) is 1. The van der Waals surface area contributed by atoms with Gasteiger partial charge in [-0.15, -0.1) is 0 Å². The molecule has 0 aliphatic carbocycles. The number of carbonyl (C=O) groups is 1. The number of nitrogens with two attached hydrogens (primary N) is 1. The number of hydrogen-bond donors (Lipinski definition) is 2. The highest BCUT2D eigenvalue weighted by Crippen LogP contribution is 2.25. The van der Waals surface area contributed by atoms with Gasteiger partial charge < -0.3 is 10.8 Å². The molecular weight excluding hydrogens is 258 g/mol. The lowest BCUT2D eigenvalue weighted by atomic mass is 10.00. The molecule has 0 fully saturated rings. The van der Waals surface area contributed by atoms with E-state index in [2.05, 4.69) is 15.9 Å². The molecule has 0 spiro atoms. The van der Waals surface area contributed by atoms with E-state index in [1.54, 1.807) is 0 Å². The van der Waals surface area contributed by atoms with Crippen LogP contribution >= 0.6 is 15.9 Å². The fraction of sp³-hybridized carbons (Fsp3) is 0.364. The smallest absolute Gasteiger partial charge is 0.305 e. The number of rotatable bonds is 3. The molecule has 15 heavy (non-hydrogen) atoms. The lowest BCUT2D eigenvalue weighted by molar-refractivity contribution is -0.137. The summed E-state index contributed by atoms with van der Waals surface area (Å²) in [5, 5.41) is 8.65. The quantitative estimate of drug-likeness (QED) is 0.888. The highest BCUT2D eigenvalue weighted by Gasteiger charge is 2.12. The van der Waals surface area contributed by atoms with Crippen LogP contribution in [-0.2, 0) is 4.79 Å². The van der Waals surface area contributed by atoms with Crippen LogP contribution < -0.4 is 5.73 Å². The number of carboxylic acids is 1. The van der Waals surface area contributed by atoms with E-state index in [9.17, 15) is 4.79 Å². The summed E-state index contributed by atoms with van der Waals surface area (Å²) < 4.78 is 0.971. The van der Waals surface area contributed by atoms with Crippen molar-refractivity contribution in [3.8, 4) is 0 Å². The van der Waals surface area contributed by atoms with Crippen LogP contribution in [0, 0.1) is 13.8 Å². The third-order valence-corrected chi connectivity index (χ3v) is 3.27. The number of benzene rings is 1. The molecule has 0 amide bonds. The summed E-state index contributed by atoms with van der Waals surface area (Å²) in [6.45, 7) is 3.99. The van der Waals surface area contributed by atoms with Crippen LogP contribution in [0.2, 0.25) is 0 Å². The summed E-state index contributed by atoms with van der Waals surface area (Å²) in [7, 11) is 0. The van der Waals surface area contributed by atoms with Crippen LogP contribution in [-0.4, -0.2) is 11.1 Å². The molecule has 0 aromatic heterocycles. The Balaban J connectivity index is 3.00. The Morgan fingerprint density at radius 2 is 2.13 bits per heavy atom. The zero-order chi connectivity index (χ0) is 11.6. The predicted molar refractivity (Wildman–Crippen MR) is 62.8 cm³/mol. The van der Waals surface area contributed by atoms with Gasteiger partial charge in [0, 0.05) is 10.5 Å². The first-order valence-electron chi connectivity index (χ1n) is 4.66. The molecule has 1 unspecified atom stereocenters. The average Bonchev–Trinajstić information content (AvgIpc) is 2.12. The summed E-state index contributed by atoms with van der Waals surface area (Å²) in [5.74, 6) is -0.878. The molecule has 1 aromatic carbocycles. The Morgan fingerprint density at radius 1 is 1.53 bits per heavy atom. The highest BCUT2D eigenvalue weighted by atomic mass is 79.9. The van der Waals surface area contributed by atoms with Crippen molar-refractivity contribution in [1.82, 2.24) is 0 Å². The van der Waals surface area contributed by atoms with Crippen molar-refractivity contribution < 1.29 is 9.90 Å². The summed E-state index contributed by atoms with van der Waals surface area (Å²) in [6.07, 6.45) is -0.0467. The van der Waals surface area contributed by atoms with Crippen molar-refractivity contribution in [2.75, 3.05) is 0 Å². The first kappa shape index (κ1) is 12.2. The van der Waals surface area contributed by atoms with E-state index in [1.165, 1.54) is 0 Å². The van der Waals surface area contributed by atoms with Gasteiger partial charge in [0.15, 0.2) is 0 Å². The summed E-state index contributed by atoms with van der Waals surface area (Å²) in [5.41, 5.74) is 8.90. The monoisotopic (exact) mass is 271 g/mol. The van der Waals surface area contributed by atoms with E-state index < -0.39 is 12.0 Å². The first-order chi connectivity index (χ1) is 6.91. The maximum atomic E-state index is 10.5. The molecule has 82 valence electrons. The molecule has 0 heterocycles. The van der Waals surface area contributed by atoms with Gasteiger partial charge in [-0.25, -0.2) is 0 Å². The first-order valence-corrected chi connectivity index (χ1v) is 5.45. The minimum Gasteiger partial charge on any atom is -0.481 e. The third kappa shape index (κ3) is 3.04. The zero-order valence-corrected chi connectivity index (χ0v) is 10.3. The number of aryl methyl sites for hydroxylation is 1. The van der Waals surface area contributed by atoms with Crippen molar-refractivity contribution in [2.45, 2.75) is 26.3 Å². The molecule has 1 rings (SSSR count). The van der Waals surface area contributed by atoms with Gasteiger partial charge in [-0.2, -0.15) is 0 Å². The Bertz CT molecular complexity index is 367. The van der Waals surface area contributed by atoms with Crippen LogP contribution in [0.5, 0.6) is 0 Å². The SMILES string of the molecule is Cc1cc(C(N)CC(=O)O)cc(Br)c1C. The average molecular weight is 272 g/mol. The Labute approximate surface area is 97.4 Å². The van der Waals surface area contributed by atoms with Gasteiger partial charge in [-0.1, -0.05) is 22.0 Å². The number of hydrogen-bond acceptors (Lipinski definition) is 2. The zero-order valence-electron chi connectivity index (χ0n) is 8.75. The topological polar surface area (TPSA) is 63.3 Å². The Morgan fingerprint density at radius 3 is 2.60 bits per heavy atom. The van der Waals surface area contributed by atoms with Gasteiger partial charge >= 0.3 is 5.97 Å². The number of aliphatic carboxylic acids is 1. The highest BCUT2D eigenvalue weighted by molar-refractivity contribution is 9.10. The maximum absolute atomic E-state index is 10.5. The van der Waals surface area contributed by atoms with Gasteiger partial charge in [0.05, 0.1) is 6.42 Å². The molecule has 1 atom stereocenters. The summed E-state index contributed by atoms with van der Waals surface area (Å²) in [6, 6.07) is 3.38. The summed E-state index contributed by atoms with van der Waals surface area (Å²) in [4.78, 5) is 10.5. The van der Waals surface area contributed by atoms with Crippen LogP contribution in [0.15, 0.2) is 16.6 Å². The fourth-order valence-corrected chi connectivity index (χ4v) is 1.94.